The molecule has 2 aromatic carbocycles. The van der Waals surface area contributed by atoms with E-state index >= 15 is 0 Å². The maximum absolute atomic E-state index is 12.9. The zero-order chi connectivity index (χ0) is 22.6. The van der Waals surface area contributed by atoms with Crippen LogP contribution in [0.5, 0.6) is 0 Å². The lowest BCUT2D eigenvalue weighted by Crippen LogP contribution is -2.29. The average molecular weight is 433 g/mol. The second kappa shape index (κ2) is 11.9. The number of hydrogen-bond donors (Lipinski definition) is 3. The number of rotatable bonds is 9. The summed E-state index contributed by atoms with van der Waals surface area (Å²) in [5, 5.41) is 22.3. The molecule has 0 aromatic heterocycles. The summed E-state index contributed by atoms with van der Waals surface area (Å²) in [6.07, 6.45) is 5.57. The summed E-state index contributed by atoms with van der Waals surface area (Å²) in [4.78, 5) is 20.6. The lowest BCUT2D eigenvalue weighted by Gasteiger charge is -2.20. The van der Waals surface area contributed by atoms with E-state index in [1.54, 1.807) is 67.6 Å². The Labute approximate surface area is 186 Å². The molecule has 1 amide bonds. The van der Waals surface area contributed by atoms with Crippen molar-refractivity contribution in [3.05, 3.63) is 88.1 Å². The Kier molecular flexibility index (Phi) is 8.90. The van der Waals surface area contributed by atoms with E-state index in [1.165, 1.54) is 6.34 Å². The number of amides is 1. The van der Waals surface area contributed by atoms with Gasteiger partial charge in [-0.15, -0.1) is 0 Å². The monoisotopic (exact) mass is 432 g/mol. The third-order valence-electron chi connectivity index (χ3n) is 4.16. The van der Waals surface area contributed by atoms with Gasteiger partial charge in [-0.25, -0.2) is 4.99 Å². The van der Waals surface area contributed by atoms with E-state index in [1.807, 2.05) is 6.07 Å². The number of anilines is 1. The molecule has 0 aliphatic heterocycles. The standard InChI is InChI=1S/C23H21ClN6O/c1-16(13-25)3-12-21(27-2)22(17-4-8-19(24)9-5-17)30-23(31)18-6-10-20(11-7-18)29-15-28-14-26/h3-12,14-15,22H,2H2,1H3,(H,30,31)(H2,26,28,29)/b16-3+,21-12-/t22-/m0/s1. The van der Waals surface area contributed by atoms with E-state index in [2.05, 4.69) is 27.3 Å². The van der Waals surface area contributed by atoms with E-state index in [-0.39, 0.29) is 5.91 Å². The third kappa shape index (κ3) is 7.07. The number of halogens is 1. The maximum atomic E-state index is 12.9. The minimum absolute atomic E-state index is 0.310. The van der Waals surface area contributed by atoms with Crippen molar-refractivity contribution >= 4 is 42.6 Å². The molecule has 31 heavy (non-hydrogen) atoms. The highest BCUT2D eigenvalue weighted by Crippen LogP contribution is 2.25. The van der Waals surface area contributed by atoms with Gasteiger partial charge in [-0.05, 0) is 67.8 Å². The average Bonchev–Trinajstić information content (AvgIpc) is 2.79. The summed E-state index contributed by atoms with van der Waals surface area (Å²) in [5.74, 6) is -0.310. The molecule has 0 heterocycles. The summed E-state index contributed by atoms with van der Waals surface area (Å²) >= 11 is 6.00. The second-order valence-corrected chi connectivity index (χ2v) is 6.73. The summed E-state index contributed by atoms with van der Waals surface area (Å²) in [5.41, 5.74) is 2.91. The van der Waals surface area contributed by atoms with Gasteiger partial charge in [-0.1, -0.05) is 23.7 Å². The van der Waals surface area contributed by atoms with Gasteiger partial charge in [-0.2, -0.15) is 5.26 Å². The summed E-state index contributed by atoms with van der Waals surface area (Å²) < 4.78 is 0. The molecule has 8 heteroatoms. The number of carbonyl (C=O) groups is 1. The summed E-state index contributed by atoms with van der Waals surface area (Å²) in [6, 6.07) is 15.3. The molecule has 1 atom stereocenters. The van der Waals surface area contributed by atoms with Crippen LogP contribution in [0.25, 0.3) is 0 Å². The first kappa shape index (κ1) is 23.3. The largest absolute Gasteiger partial charge is 0.346 e. The minimum Gasteiger partial charge on any atom is -0.346 e. The molecule has 0 radical (unpaired) electrons. The van der Waals surface area contributed by atoms with E-state index in [4.69, 9.17) is 22.3 Å². The molecule has 0 saturated carbocycles. The molecule has 0 unspecified atom stereocenters. The van der Waals surface area contributed by atoms with E-state index < -0.39 is 6.04 Å². The summed E-state index contributed by atoms with van der Waals surface area (Å²) in [7, 11) is 0. The number of hydrogen-bond acceptors (Lipinski definition) is 4. The molecule has 2 rings (SSSR count). The van der Waals surface area contributed by atoms with Crippen molar-refractivity contribution in [1.82, 2.24) is 5.32 Å². The Morgan fingerprint density at radius 2 is 1.87 bits per heavy atom. The van der Waals surface area contributed by atoms with Crippen molar-refractivity contribution in [3.8, 4) is 6.07 Å². The zero-order valence-corrected chi connectivity index (χ0v) is 17.6. The van der Waals surface area contributed by atoms with Crippen LogP contribution in [-0.2, 0) is 0 Å². The Balaban J connectivity index is 2.32. The number of benzene rings is 2. The highest BCUT2D eigenvalue weighted by atomic mass is 35.5. The van der Waals surface area contributed by atoms with Gasteiger partial charge in [0.1, 0.15) is 6.34 Å². The topological polar surface area (TPSA) is 113 Å². The SMILES string of the molecule is C=N/C(=C\C=C(/C)C#N)[C@@H](NC(=O)c1ccc(N/C=N\C=N)cc1)c1ccc(Cl)cc1. The van der Waals surface area contributed by atoms with Gasteiger partial charge in [0.05, 0.1) is 24.1 Å². The van der Waals surface area contributed by atoms with Crippen LogP contribution in [0.4, 0.5) is 5.69 Å². The Morgan fingerprint density at radius 3 is 2.45 bits per heavy atom. The fourth-order valence-electron chi connectivity index (χ4n) is 2.55. The lowest BCUT2D eigenvalue weighted by atomic mass is 10.0. The van der Waals surface area contributed by atoms with Crippen molar-refractivity contribution in [1.29, 1.82) is 10.7 Å². The fraction of sp³-hybridized carbons (Fsp3) is 0.0870. The smallest absolute Gasteiger partial charge is 0.252 e. The van der Waals surface area contributed by atoms with Crippen LogP contribution < -0.4 is 10.6 Å². The number of nitrogens with one attached hydrogen (secondary N) is 3. The molecule has 0 aliphatic carbocycles. The molecule has 0 spiro atoms. The van der Waals surface area contributed by atoms with Gasteiger partial charge in [-0.3, -0.25) is 15.2 Å². The van der Waals surface area contributed by atoms with Gasteiger partial charge in [0.2, 0.25) is 0 Å². The van der Waals surface area contributed by atoms with Crippen molar-refractivity contribution < 1.29 is 4.79 Å². The van der Waals surface area contributed by atoms with Gasteiger partial charge in [0, 0.05) is 21.8 Å². The molecule has 0 saturated heterocycles. The number of allylic oxidation sites excluding steroid dienone is 3. The van der Waals surface area contributed by atoms with Gasteiger partial charge in [0.15, 0.2) is 0 Å². The predicted octanol–water partition coefficient (Wildman–Crippen LogP) is 4.91. The van der Waals surface area contributed by atoms with Crippen LogP contribution in [0, 0.1) is 16.7 Å². The molecule has 7 nitrogen and oxygen atoms in total. The van der Waals surface area contributed by atoms with Crippen LogP contribution in [0.2, 0.25) is 5.02 Å². The lowest BCUT2D eigenvalue weighted by molar-refractivity contribution is 0.0942. The third-order valence-corrected chi connectivity index (χ3v) is 4.42. The molecule has 156 valence electrons. The molecule has 3 N–H and O–H groups in total. The predicted molar refractivity (Wildman–Crippen MR) is 126 cm³/mol. The highest BCUT2D eigenvalue weighted by Gasteiger charge is 2.19. The Hall–Kier alpha value is -4.02. The number of aliphatic imine (C=N–C) groups is 2. The maximum Gasteiger partial charge on any atom is 0.252 e. The van der Waals surface area contributed by atoms with Crippen molar-refractivity contribution in [3.63, 3.8) is 0 Å². The van der Waals surface area contributed by atoms with Gasteiger partial charge < -0.3 is 10.6 Å². The molecule has 2 aromatic rings. The normalized spacial score (nSPS) is 12.7. The second-order valence-electron chi connectivity index (χ2n) is 6.30. The first-order valence-electron chi connectivity index (χ1n) is 9.17. The Bertz CT molecular complexity index is 1060. The van der Waals surface area contributed by atoms with Crippen LogP contribution >= 0.6 is 11.6 Å². The fourth-order valence-corrected chi connectivity index (χ4v) is 2.68. The molecule has 0 bridgehead atoms. The number of nitriles is 1. The molecule has 0 fully saturated rings. The summed E-state index contributed by atoms with van der Waals surface area (Å²) in [6.45, 7) is 5.29. The molecular weight excluding hydrogens is 412 g/mol. The van der Waals surface area contributed by atoms with Crippen molar-refractivity contribution in [2.75, 3.05) is 5.32 Å². The number of carbonyl (C=O) groups excluding carboxylic acids is 1. The number of nitrogens with zero attached hydrogens (tertiary/aromatic N) is 3. The van der Waals surface area contributed by atoms with Crippen molar-refractivity contribution in [2.24, 2.45) is 9.98 Å². The minimum atomic E-state index is -0.595. The van der Waals surface area contributed by atoms with Crippen LogP contribution in [-0.4, -0.2) is 25.3 Å². The van der Waals surface area contributed by atoms with Crippen LogP contribution in [0.15, 0.2) is 81.9 Å². The first-order chi connectivity index (χ1) is 15.0. The van der Waals surface area contributed by atoms with Crippen LogP contribution in [0.3, 0.4) is 0 Å². The highest BCUT2D eigenvalue weighted by molar-refractivity contribution is 6.30. The van der Waals surface area contributed by atoms with Gasteiger partial charge >= 0.3 is 0 Å². The zero-order valence-electron chi connectivity index (χ0n) is 16.8. The van der Waals surface area contributed by atoms with E-state index in [9.17, 15) is 4.79 Å². The van der Waals surface area contributed by atoms with E-state index in [0.29, 0.717) is 21.9 Å². The van der Waals surface area contributed by atoms with Crippen molar-refractivity contribution in [2.45, 2.75) is 13.0 Å². The molecular formula is C23H21ClN6O. The first-order valence-corrected chi connectivity index (χ1v) is 9.55. The quantitative estimate of drug-likeness (QED) is 0.226. The Morgan fingerprint density at radius 1 is 1.19 bits per heavy atom. The van der Waals surface area contributed by atoms with Gasteiger partial charge in [0.25, 0.3) is 5.91 Å². The van der Waals surface area contributed by atoms with Crippen LogP contribution in [0.1, 0.15) is 28.9 Å². The van der Waals surface area contributed by atoms with E-state index in [0.717, 1.165) is 17.6 Å². The molecule has 0 aliphatic rings.